The van der Waals surface area contributed by atoms with E-state index in [0.29, 0.717) is 17.9 Å². The van der Waals surface area contributed by atoms with Gasteiger partial charge in [0.25, 0.3) is 0 Å². The maximum atomic E-state index is 13.5. The van der Waals surface area contributed by atoms with E-state index in [1.807, 2.05) is 36.4 Å². The van der Waals surface area contributed by atoms with Crippen molar-refractivity contribution in [1.29, 1.82) is 0 Å². The first-order valence-corrected chi connectivity index (χ1v) is 9.38. The molecule has 1 aliphatic rings. The van der Waals surface area contributed by atoms with Gasteiger partial charge in [0.05, 0.1) is 5.56 Å². The van der Waals surface area contributed by atoms with E-state index in [0.717, 1.165) is 23.4 Å². The van der Waals surface area contributed by atoms with Gasteiger partial charge in [0.1, 0.15) is 6.17 Å². The topological polar surface area (TPSA) is 40.5 Å². The lowest BCUT2D eigenvalue weighted by Gasteiger charge is -2.35. The van der Waals surface area contributed by atoms with Crippen molar-refractivity contribution in [2.24, 2.45) is 0 Å². The largest absolute Gasteiger partial charge is 0.478 e. The molecule has 0 radical (unpaired) electrons. The van der Waals surface area contributed by atoms with E-state index in [2.05, 4.69) is 4.31 Å². The lowest BCUT2D eigenvalue weighted by molar-refractivity contribution is 0.0697. The van der Waals surface area contributed by atoms with Crippen molar-refractivity contribution < 1.29 is 14.3 Å². The Morgan fingerprint density at radius 2 is 1.64 bits per heavy atom. The van der Waals surface area contributed by atoms with Crippen LogP contribution in [0, 0.1) is 0 Å². The SMILES string of the molecule is O=C(O)c1ccc(N(Sc2ccc(Cl)cc2)C2CCC(F)CC2)cc1. The zero-order valence-electron chi connectivity index (χ0n) is 13.6. The molecule has 0 spiro atoms. The lowest BCUT2D eigenvalue weighted by atomic mass is 9.94. The highest BCUT2D eigenvalue weighted by Crippen LogP contribution is 2.37. The third kappa shape index (κ3) is 4.67. The van der Waals surface area contributed by atoms with Gasteiger partial charge >= 0.3 is 5.97 Å². The summed E-state index contributed by atoms with van der Waals surface area (Å²) in [6.07, 6.45) is 1.98. The van der Waals surface area contributed by atoms with Gasteiger partial charge in [-0.05, 0) is 86.2 Å². The number of carbonyl (C=O) groups is 1. The van der Waals surface area contributed by atoms with Crippen LogP contribution in [0.5, 0.6) is 0 Å². The second-order valence-electron chi connectivity index (χ2n) is 6.13. The van der Waals surface area contributed by atoms with Crippen LogP contribution >= 0.6 is 23.5 Å². The van der Waals surface area contributed by atoms with Gasteiger partial charge in [0.2, 0.25) is 0 Å². The molecule has 0 atom stereocenters. The van der Waals surface area contributed by atoms with E-state index in [1.165, 1.54) is 0 Å². The number of anilines is 1. The number of hydrogen-bond acceptors (Lipinski definition) is 3. The molecule has 3 rings (SSSR count). The molecule has 1 saturated carbocycles. The fraction of sp³-hybridized carbons (Fsp3) is 0.316. The smallest absolute Gasteiger partial charge is 0.335 e. The number of alkyl halides is 1. The predicted molar refractivity (Wildman–Crippen MR) is 100 cm³/mol. The van der Waals surface area contributed by atoms with Crippen molar-refractivity contribution >= 4 is 35.2 Å². The van der Waals surface area contributed by atoms with E-state index in [4.69, 9.17) is 16.7 Å². The van der Waals surface area contributed by atoms with Crippen LogP contribution < -0.4 is 4.31 Å². The molecule has 2 aromatic rings. The minimum atomic E-state index is -0.943. The summed E-state index contributed by atoms with van der Waals surface area (Å²) in [5, 5.41) is 9.76. The van der Waals surface area contributed by atoms with E-state index < -0.39 is 12.1 Å². The Hall–Kier alpha value is -1.72. The van der Waals surface area contributed by atoms with Gasteiger partial charge in [-0.15, -0.1) is 0 Å². The minimum Gasteiger partial charge on any atom is -0.478 e. The van der Waals surface area contributed by atoms with Crippen LogP contribution in [0.2, 0.25) is 5.02 Å². The van der Waals surface area contributed by atoms with Gasteiger partial charge in [0.15, 0.2) is 0 Å². The molecule has 25 heavy (non-hydrogen) atoms. The van der Waals surface area contributed by atoms with Crippen molar-refractivity contribution in [3.8, 4) is 0 Å². The van der Waals surface area contributed by atoms with Gasteiger partial charge < -0.3 is 9.41 Å². The molecular weight excluding hydrogens is 361 g/mol. The number of rotatable bonds is 5. The Bertz CT molecular complexity index is 715. The average molecular weight is 380 g/mol. The van der Waals surface area contributed by atoms with Gasteiger partial charge in [-0.1, -0.05) is 11.6 Å². The maximum Gasteiger partial charge on any atom is 0.335 e. The molecule has 0 aromatic heterocycles. The summed E-state index contributed by atoms with van der Waals surface area (Å²) in [5.41, 5.74) is 1.18. The fourth-order valence-corrected chi connectivity index (χ4v) is 4.17. The lowest BCUT2D eigenvalue weighted by Crippen LogP contribution is -2.33. The zero-order valence-corrected chi connectivity index (χ0v) is 15.1. The van der Waals surface area contributed by atoms with Crippen LogP contribution in [0.1, 0.15) is 36.0 Å². The molecule has 1 N–H and O–H groups in total. The molecule has 132 valence electrons. The van der Waals surface area contributed by atoms with Crippen molar-refractivity contribution in [2.45, 2.75) is 42.8 Å². The molecule has 3 nitrogen and oxygen atoms in total. The molecule has 2 aromatic carbocycles. The van der Waals surface area contributed by atoms with E-state index in [9.17, 15) is 9.18 Å². The van der Waals surface area contributed by atoms with Crippen LogP contribution in [0.15, 0.2) is 53.4 Å². The quantitative estimate of drug-likeness (QED) is 0.663. The molecule has 1 fully saturated rings. The monoisotopic (exact) mass is 379 g/mol. The normalized spacial score (nSPS) is 20.2. The Labute approximate surface area is 155 Å². The van der Waals surface area contributed by atoms with Crippen LogP contribution in [0.4, 0.5) is 10.1 Å². The van der Waals surface area contributed by atoms with E-state index in [-0.39, 0.29) is 11.6 Å². The first kappa shape index (κ1) is 18.1. The summed E-state index contributed by atoms with van der Waals surface area (Å²) < 4.78 is 15.7. The third-order valence-corrected chi connectivity index (χ3v) is 5.78. The number of aromatic carboxylic acids is 1. The summed E-state index contributed by atoms with van der Waals surface area (Å²) in [5.74, 6) is -0.943. The standard InChI is InChI=1S/C19H19ClFNO2S/c20-14-3-11-18(12-4-14)25-22(17-9-5-15(21)6-10-17)16-7-1-13(2-8-16)19(23)24/h1-4,7-8,11-12,15,17H,5-6,9-10H2,(H,23,24). The van der Waals surface area contributed by atoms with E-state index in [1.54, 1.807) is 24.1 Å². The second-order valence-corrected chi connectivity index (χ2v) is 7.61. The van der Waals surface area contributed by atoms with Gasteiger partial charge in [0, 0.05) is 21.6 Å². The Kier molecular flexibility index (Phi) is 5.86. The first-order chi connectivity index (χ1) is 12.0. The molecule has 0 aliphatic heterocycles. The summed E-state index contributed by atoms with van der Waals surface area (Å²) in [4.78, 5) is 12.1. The molecule has 0 bridgehead atoms. The molecule has 1 aliphatic carbocycles. The van der Waals surface area contributed by atoms with Crippen LogP contribution in [-0.2, 0) is 0 Å². The summed E-state index contributed by atoms with van der Waals surface area (Å²) in [6, 6.07) is 14.6. The van der Waals surface area contributed by atoms with Crippen LogP contribution in [-0.4, -0.2) is 23.3 Å². The summed E-state index contributed by atoms with van der Waals surface area (Å²) in [7, 11) is 0. The van der Waals surface area contributed by atoms with Crippen molar-refractivity contribution in [1.82, 2.24) is 0 Å². The third-order valence-electron chi connectivity index (χ3n) is 4.34. The number of nitrogens with zero attached hydrogens (tertiary/aromatic N) is 1. The minimum absolute atomic E-state index is 0.211. The van der Waals surface area contributed by atoms with Crippen LogP contribution in [0.25, 0.3) is 0 Å². The molecule has 0 saturated heterocycles. The van der Waals surface area contributed by atoms with E-state index >= 15 is 0 Å². The fourth-order valence-electron chi connectivity index (χ4n) is 2.97. The number of carboxylic acids is 1. The van der Waals surface area contributed by atoms with Crippen molar-refractivity contribution in [2.75, 3.05) is 4.31 Å². The number of benzene rings is 2. The molecule has 0 amide bonds. The first-order valence-electron chi connectivity index (χ1n) is 8.23. The Morgan fingerprint density at radius 3 is 2.20 bits per heavy atom. The molecular formula is C19H19ClFNO2S. The van der Waals surface area contributed by atoms with Gasteiger partial charge in [-0.2, -0.15) is 0 Å². The van der Waals surface area contributed by atoms with Crippen molar-refractivity contribution in [3.05, 3.63) is 59.1 Å². The number of hydrogen-bond donors (Lipinski definition) is 1. The summed E-state index contributed by atoms with van der Waals surface area (Å²) in [6.45, 7) is 0. The predicted octanol–water partition coefficient (Wildman–Crippen LogP) is 5.83. The molecule has 6 heteroatoms. The Balaban J connectivity index is 1.85. The highest BCUT2D eigenvalue weighted by Gasteiger charge is 2.27. The molecule has 0 heterocycles. The molecule has 0 unspecified atom stereocenters. The Morgan fingerprint density at radius 1 is 1.04 bits per heavy atom. The highest BCUT2D eigenvalue weighted by molar-refractivity contribution is 8.00. The maximum absolute atomic E-state index is 13.5. The van der Waals surface area contributed by atoms with Gasteiger partial charge in [-0.3, -0.25) is 0 Å². The highest BCUT2D eigenvalue weighted by atomic mass is 35.5. The van der Waals surface area contributed by atoms with Crippen molar-refractivity contribution in [3.63, 3.8) is 0 Å². The number of carboxylic acid groups (broad SMARTS) is 1. The zero-order chi connectivity index (χ0) is 17.8. The average Bonchev–Trinajstić information content (AvgIpc) is 2.62. The van der Waals surface area contributed by atoms with Gasteiger partial charge in [-0.25, -0.2) is 9.18 Å². The summed E-state index contributed by atoms with van der Waals surface area (Å²) >= 11 is 7.53. The van der Waals surface area contributed by atoms with Crippen LogP contribution in [0.3, 0.4) is 0 Å². The second kappa shape index (κ2) is 8.11. The number of halogens is 2.